The van der Waals surface area contributed by atoms with Gasteiger partial charge in [-0.05, 0) is 29.5 Å². The quantitative estimate of drug-likeness (QED) is 0.870. The molecule has 4 nitrogen and oxygen atoms in total. The molecular formula is C14H23NO3S. The number of rotatable bonds is 5. The average Bonchev–Trinajstić information content (AvgIpc) is 2.35. The normalized spacial score (nSPS) is 14.4. The monoisotopic (exact) mass is 285 g/mol. The summed E-state index contributed by atoms with van der Waals surface area (Å²) in [5.74, 6) is 0. The highest BCUT2D eigenvalue weighted by molar-refractivity contribution is 7.89. The lowest BCUT2D eigenvalue weighted by atomic mass is 9.87. The van der Waals surface area contributed by atoms with E-state index in [1.165, 1.54) is 0 Å². The van der Waals surface area contributed by atoms with Gasteiger partial charge in [-0.15, -0.1) is 0 Å². The molecule has 0 heterocycles. The van der Waals surface area contributed by atoms with Crippen molar-refractivity contribution in [1.82, 2.24) is 4.72 Å². The molecule has 1 aromatic rings. The summed E-state index contributed by atoms with van der Waals surface area (Å²) in [5.41, 5.74) is 1.08. The van der Waals surface area contributed by atoms with Crippen LogP contribution in [0.15, 0.2) is 29.2 Å². The Labute approximate surface area is 115 Å². The molecule has 0 fully saturated rings. The van der Waals surface area contributed by atoms with Crippen LogP contribution in [-0.4, -0.2) is 26.2 Å². The number of nitrogens with one attached hydrogen (secondary N) is 1. The van der Waals surface area contributed by atoms with Crippen LogP contribution >= 0.6 is 0 Å². The van der Waals surface area contributed by atoms with Gasteiger partial charge in [-0.2, -0.15) is 0 Å². The maximum absolute atomic E-state index is 12.1. The SMILES string of the molecule is CC[C@H](CO)NS(=O)(=O)c1ccc(C(C)(C)C)cc1. The van der Waals surface area contributed by atoms with Crippen LogP contribution in [0.1, 0.15) is 39.7 Å². The maximum Gasteiger partial charge on any atom is 0.240 e. The molecule has 0 saturated heterocycles. The van der Waals surface area contributed by atoms with Crippen LogP contribution in [0.5, 0.6) is 0 Å². The zero-order valence-electron chi connectivity index (χ0n) is 12.0. The van der Waals surface area contributed by atoms with Gasteiger partial charge in [-0.25, -0.2) is 13.1 Å². The fourth-order valence-electron chi connectivity index (χ4n) is 1.67. The molecule has 0 aliphatic rings. The lowest BCUT2D eigenvalue weighted by Gasteiger charge is -2.19. The number of benzene rings is 1. The van der Waals surface area contributed by atoms with Gasteiger partial charge in [-0.1, -0.05) is 39.8 Å². The summed E-state index contributed by atoms with van der Waals surface area (Å²) in [5, 5.41) is 9.06. The van der Waals surface area contributed by atoms with E-state index < -0.39 is 16.1 Å². The standard InChI is InChI=1S/C14H23NO3S/c1-5-12(10-16)15-19(17,18)13-8-6-11(7-9-13)14(2,3)4/h6-9,12,15-16H,5,10H2,1-4H3/t12-/m1/s1. The highest BCUT2D eigenvalue weighted by Gasteiger charge is 2.20. The van der Waals surface area contributed by atoms with E-state index in [0.717, 1.165) is 5.56 Å². The van der Waals surface area contributed by atoms with Crippen LogP contribution in [0.25, 0.3) is 0 Å². The predicted octanol–water partition coefficient (Wildman–Crippen LogP) is 2.03. The topological polar surface area (TPSA) is 66.4 Å². The Balaban J connectivity index is 2.97. The Kier molecular flexibility index (Phi) is 5.12. The molecule has 19 heavy (non-hydrogen) atoms. The molecule has 0 amide bonds. The molecule has 1 aromatic carbocycles. The van der Waals surface area contributed by atoms with E-state index in [0.29, 0.717) is 6.42 Å². The van der Waals surface area contributed by atoms with Crippen molar-refractivity contribution in [2.24, 2.45) is 0 Å². The van der Waals surface area contributed by atoms with Crippen molar-refractivity contribution in [2.45, 2.75) is 50.5 Å². The Morgan fingerprint density at radius 2 is 1.74 bits per heavy atom. The van der Waals surface area contributed by atoms with E-state index >= 15 is 0 Å². The van der Waals surface area contributed by atoms with E-state index in [-0.39, 0.29) is 16.9 Å². The van der Waals surface area contributed by atoms with Crippen LogP contribution in [0.3, 0.4) is 0 Å². The molecule has 108 valence electrons. The first-order chi connectivity index (χ1) is 8.70. The summed E-state index contributed by atoms with van der Waals surface area (Å²) in [6.45, 7) is 7.86. The van der Waals surface area contributed by atoms with Gasteiger partial charge in [-0.3, -0.25) is 0 Å². The summed E-state index contributed by atoms with van der Waals surface area (Å²) in [7, 11) is -3.56. The van der Waals surface area contributed by atoms with Gasteiger partial charge in [0.2, 0.25) is 10.0 Å². The molecule has 0 aromatic heterocycles. The third kappa shape index (κ3) is 4.30. The third-order valence-electron chi connectivity index (χ3n) is 3.07. The van der Waals surface area contributed by atoms with Crippen molar-refractivity contribution in [2.75, 3.05) is 6.61 Å². The molecule has 0 saturated carbocycles. The molecule has 0 bridgehead atoms. The highest BCUT2D eigenvalue weighted by atomic mass is 32.2. The first-order valence-electron chi connectivity index (χ1n) is 6.44. The Morgan fingerprint density at radius 3 is 2.11 bits per heavy atom. The molecule has 0 aliphatic heterocycles. The Morgan fingerprint density at radius 1 is 1.21 bits per heavy atom. The van der Waals surface area contributed by atoms with Gasteiger partial charge in [0.05, 0.1) is 11.5 Å². The van der Waals surface area contributed by atoms with E-state index in [9.17, 15) is 8.42 Å². The minimum absolute atomic E-state index is 0.00717. The zero-order valence-corrected chi connectivity index (χ0v) is 12.8. The fourth-order valence-corrected chi connectivity index (χ4v) is 2.98. The lowest BCUT2D eigenvalue weighted by molar-refractivity contribution is 0.254. The summed E-state index contributed by atoms with van der Waals surface area (Å²) in [6.07, 6.45) is 0.551. The molecule has 0 aliphatic carbocycles. The number of sulfonamides is 1. The number of hydrogen-bond donors (Lipinski definition) is 2. The second-order valence-corrected chi connectivity index (χ2v) is 7.40. The molecule has 0 radical (unpaired) electrons. The van der Waals surface area contributed by atoms with Crippen molar-refractivity contribution < 1.29 is 13.5 Å². The number of hydrogen-bond acceptors (Lipinski definition) is 3. The third-order valence-corrected chi connectivity index (χ3v) is 4.60. The van der Waals surface area contributed by atoms with Crippen molar-refractivity contribution in [3.63, 3.8) is 0 Å². The Bertz CT molecular complexity index is 496. The van der Waals surface area contributed by atoms with Gasteiger partial charge in [0.15, 0.2) is 0 Å². The van der Waals surface area contributed by atoms with E-state index in [2.05, 4.69) is 25.5 Å². The molecule has 0 unspecified atom stereocenters. The van der Waals surface area contributed by atoms with E-state index in [1.807, 2.05) is 19.1 Å². The molecule has 2 N–H and O–H groups in total. The lowest BCUT2D eigenvalue weighted by Crippen LogP contribution is -2.36. The van der Waals surface area contributed by atoms with Gasteiger partial charge in [0.25, 0.3) is 0 Å². The maximum atomic E-state index is 12.1. The minimum atomic E-state index is -3.56. The molecule has 1 atom stereocenters. The summed E-state index contributed by atoms with van der Waals surface area (Å²) < 4.78 is 26.7. The second kappa shape index (κ2) is 6.03. The minimum Gasteiger partial charge on any atom is -0.395 e. The number of aliphatic hydroxyl groups excluding tert-OH is 1. The van der Waals surface area contributed by atoms with Crippen LogP contribution < -0.4 is 4.72 Å². The molecule has 5 heteroatoms. The van der Waals surface area contributed by atoms with Crippen LogP contribution in [0, 0.1) is 0 Å². The van der Waals surface area contributed by atoms with Crippen molar-refractivity contribution in [3.05, 3.63) is 29.8 Å². The average molecular weight is 285 g/mol. The van der Waals surface area contributed by atoms with Gasteiger partial charge in [0, 0.05) is 6.04 Å². The molecular weight excluding hydrogens is 262 g/mol. The van der Waals surface area contributed by atoms with Crippen molar-refractivity contribution in [1.29, 1.82) is 0 Å². The Hall–Kier alpha value is -0.910. The first-order valence-corrected chi connectivity index (χ1v) is 7.92. The van der Waals surface area contributed by atoms with Crippen LogP contribution in [0.2, 0.25) is 0 Å². The van der Waals surface area contributed by atoms with Gasteiger partial charge in [0.1, 0.15) is 0 Å². The van der Waals surface area contributed by atoms with E-state index in [1.54, 1.807) is 12.1 Å². The smallest absolute Gasteiger partial charge is 0.240 e. The summed E-state index contributed by atoms with van der Waals surface area (Å²) >= 11 is 0. The molecule has 0 spiro atoms. The second-order valence-electron chi connectivity index (χ2n) is 5.68. The van der Waals surface area contributed by atoms with Crippen molar-refractivity contribution in [3.8, 4) is 0 Å². The first kappa shape index (κ1) is 16.1. The highest BCUT2D eigenvalue weighted by Crippen LogP contribution is 2.23. The van der Waals surface area contributed by atoms with E-state index in [4.69, 9.17) is 5.11 Å². The largest absolute Gasteiger partial charge is 0.395 e. The van der Waals surface area contributed by atoms with Crippen LogP contribution in [-0.2, 0) is 15.4 Å². The fraction of sp³-hybridized carbons (Fsp3) is 0.571. The summed E-state index contributed by atoms with van der Waals surface area (Å²) in [4.78, 5) is 0.229. The van der Waals surface area contributed by atoms with Crippen molar-refractivity contribution >= 4 is 10.0 Å². The summed E-state index contributed by atoms with van der Waals surface area (Å²) in [6, 6.07) is 6.43. The molecule has 1 rings (SSSR count). The number of aliphatic hydroxyl groups is 1. The van der Waals surface area contributed by atoms with Crippen LogP contribution in [0.4, 0.5) is 0 Å². The van der Waals surface area contributed by atoms with Gasteiger partial charge >= 0.3 is 0 Å². The zero-order chi connectivity index (χ0) is 14.7. The predicted molar refractivity (Wildman–Crippen MR) is 76.6 cm³/mol. The van der Waals surface area contributed by atoms with Gasteiger partial charge < -0.3 is 5.11 Å².